The molecule has 0 aromatic carbocycles. The molecular weight excluding hydrogens is 166 g/mol. The number of nitrogens with two attached hydrogens (primary N) is 1. The van der Waals surface area contributed by atoms with E-state index in [-0.39, 0.29) is 18.5 Å². The minimum atomic E-state index is -0.648. The summed E-state index contributed by atoms with van der Waals surface area (Å²) in [4.78, 5) is 11.2. The third-order valence-corrected chi connectivity index (χ3v) is 2.23. The van der Waals surface area contributed by atoms with Crippen LogP contribution in [0.1, 0.15) is 32.1 Å². The maximum absolute atomic E-state index is 11.2. The van der Waals surface area contributed by atoms with Gasteiger partial charge in [-0.1, -0.05) is 0 Å². The molecule has 0 aliphatic heterocycles. The normalized spacial score (nSPS) is 19.4. The topological polar surface area (TPSA) is 52.3 Å². The monoisotopic (exact) mass is 181 g/mol. The van der Waals surface area contributed by atoms with Crippen molar-refractivity contribution in [2.45, 2.75) is 44.2 Å². The van der Waals surface area contributed by atoms with Crippen LogP contribution < -0.4 is 5.73 Å². The molecule has 3 heteroatoms. The average molecular weight is 181 g/mol. The lowest BCUT2D eigenvalue weighted by Gasteiger charge is -2.13. The van der Waals surface area contributed by atoms with Gasteiger partial charge in [-0.3, -0.25) is 4.79 Å². The summed E-state index contributed by atoms with van der Waals surface area (Å²) in [6, 6.07) is -0.648. The zero-order valence-electron chi connectivity index (χ0n) is 7.66. The van der Waals surface area contributed by atoms with Crippen molar-refractivity contribution in [3.8, 4) is 12.3 Å². The highest BCUT2D eigenvalue weighted by Crippen LogP contribution is 2.21. The molecule has 0 radical (unpaired) electrons. The Hall–Kier alpha value is -1.01. The van der Waals surface area contributed by atoms with Gasteiger partial charge in [-0.25, -0.2) is 0 Å². The van der Waals surface area contributed by atoms with Gasteiger partial charge >= 0.3 is 5.97 Å². The van der Waals surface area contributed by atoms with Crippen molar-refractivity contribution in [2.24, 2.45) is 5.73 Å². The largest absolute Gasteiger partial charge is 0.461 e. The second-order valence-corrected chi connectivity index (χ2v) is 3.36. The number of carbonyl (C=O) groups is 1. The molecule has 0 saturated heterocycles. The smallest absolute Gasteiger partial charge is 0.324 e. The molecule has 0 aromatic rings. The zero-order valence-corrected chi connectivity index (χ0v) is 7.66. The predicted molar refractivity (Wildman–Crippen MR) is 49.8 cm³/mol. The van der Waals surface area contributed by atoms with E-state index in [0.717, 1.165) is 25.7 Å². The van der Waals surface area contributed by atoms with Crippen LogP contribution in [0.4, 0.5) is 0 Å². The molecule has 1 atom stereocenters. The van der Waals surface area contributed by atoms with Gasteiger partial charge in [0.2, 0.25) is 0 Å². The fourth-order valence-corrected chi connectivity index (χ4v) is 1.47. The van der Waals surface area contributed by atoms with Gasteiger partial charge in [0.1, 0.15) is 12.1 Å². The van der Waals surface area contributed by atoms with Crippen LogP contribution in [0.2, 0.25) is 0 Å². The molecule has 1 aliphatic rings. The first-order chi connectivity index (χ1) is 6.24. The first-order valence-electron chi connectivity index (χ1n) is 4.63. The van der Waals surface area contributed by atoms with Crippen molar-refractivity contribution in [2.75, 3.05) is 0 Å². The first kappa shape index (κ1) is 10.1. The van der Waals surface area contributed by atoms with Gasteiger partial charge in [0, 0.05) is 6.42 Å². The molecule has 13 heavy (non-hydrogen) atoms. The molecular formula is C10H15NO2. The maximum atomic E-state index is 11.2. The van der Waals surface area contributed by atoms with E-state index < -0.39 is 6.04 Å². The fraction of sp³-hybridized carbons (Fsp3) is 0.700. The summed E-state index contributed by atoms with van der Waals surface area (Å²) < 4.78 is 5.17. The van der Waals surface area contributed by atoms with Gasteiger partial charge in [0.15, 0.2) is 0 Å². The molecule has 0 spiro atoms. The molecule has 0 heterocycles. The molecule has 1 unspecified atom stereocenters. The van der Waals surface area contributed by atoms with Crippen LogP contribution in [-0.4, -0.2) is 18.1 Å². The zero-order chi connectivity index (χ0) is 9.68. The molecule has 1 saturated carbocycles. The van der Waals surface area contributed by atoms with E-state index in [0.29, 0.717) is 0 Å². The highest BCUT2D eigenvalue weighted by atomic mass is 16.5. The summed E-state index contributed by atoms with van der Waals surface area (Å²) >= 11 is 0. The molecule has 0 amide bonds. The van der Waals surface area contributed by atoms with E-state index in [2.05, 4.69) is 5.92 Å². The van der Waals surface area contributed by atoms with Crippen LogP contribution in [0.15, 0.2) is 0 Å². The van der Waals surface area contributed by atoms with Crippen LogP contribution in [0.25, 0.3) is 0 Å². The second-order valence-electron chi connectivity index (χ2n) is 3.36. The van der Waals surface area contributed by atoms with Gasteiger partial charge in [0.25, 0.3) is 0 Å². The summed E-state index contributed by atoms with van der Waals surface area (Å²) in [5.74, 6) is 1.99. The Morgan fingerprint density at radius 2 is 2.23 bits per heavy atom. The molecule has 0 aromatic heterocycles. The van der Waals surface area contributed by atoms with Gasteiger partial charge in [-0.2, -0.15) is 0 Å². The van der Waals surface area contributed by atoms with Crippen LogP contribution in [0.3, 0.4) is 0 Å². The van der Waals surface area contributed by atoms with Gasteiger partial charge in [-0.05, 0) is 25.7 Å². The first-order valence-corrected chi connectivity index (χ1v) is 4.63. The fourth-order valence-electron chi connectivity index (χ4n) is 1.47. The Kier molecular flexibility index (Phi) is 3.78. The molecule has 1 aliphatic carbocycles. The Labute approximate surface area is 78.6 Å². The summed E-state index contributed by atoms with van der Waals surface area (Å²) in [7, 11) is 0. The lowest BCUT2D eigenvalue weighted by Crippen LogP contribution is -2.34. The summed E-state index contributed by atoms with van der Waals surface area (Å²) in [5.41, 5.74) is 5.49. The van der Waals surface area contributed by atoms with E-state index in [9.17, 15) is 4.79 Å². The van der Waals surface area contributed by atoms with E-state index in [1.165, 1.54) is 0 Å². The van der Waals surface area contributed by atoms with Crippen molar-refractivity contribution in [3.05, 3.63) is 0 Å². The molecule has 1 rings (SSSR count). The van der Waals surface area contributed by atoms with E-state index in [1.54, 1.807) is 0 Å². The average Bonchev–Trinajstić information content (AvgIpc) is 2.57. The maximum Gasteiger partial charge on any atom is 0.324 e. The summed E-state index contributed by atoms with van der Waals surface area (Å²) in [5, 5.41) is 0. The summed E-state index contributed by atoms with van der Waals surface area (Å²) in [6.45, 7) is 0. The van der Waals surface area contributed by atoms with Gasteiger partial charge < -0.3 is 10.5 Å². The Bertz CT molecular complexity index is 213. The van der Waals surface area contributed by atoms with Crippen LogP contribution in [0.5, 0.6) is 0 Å². The van der Waals surface area contributed by atoms with E-state index in [1.807, 2.05) is 0 Å². The van der Waals surface area contributed by atoms with E-state index in [4.69, 9.17) is 16.9 Å². The molecule has 72 valence electrons. The molecule has 2 N–H and O–H groups in total. The van der Waals surface area contributed by atoms with Crippen molar-refractivity contribution >= 4 is 5.97 Å². The van der Waals surface area contributed by atoms with Crippen LogP contribution in [-0.2, 0) is 9.53 Å². The van der Waals surface area contributed by atoms with Crippen molar-refractivity contribution in [1.29, 1.82) is 0 Å². The highest BCUT2D eigenvalue weighted by Gasteiger charge is 2.22. The Morgan fingerprint density at radius 1 is 1.62 bits per heavy atom. The lowest BCUT2D eigenvalue weighted by atomic mass is 10.2. The summed E-state index contributed by atoms with van der Waals surface area (Å²) in [6.07, 6.45) is 9.59. The van der Waals surface area contributed by atoms with Crippen molar-refractivity contribution in [3.63, 3.8) is 0 Å². The lowest BCUT2D eigenvalue weighted by molar-refractivity contribution is -0.150. The highest BCUT2D eigenvalue weighted by molar-refractivity contribution is 5.76. The number of rotatable bonds is 3. The number of ether oxygens (including phenoxy) is 1. The predicted octanol–water partition coefficient (Wildman–Crippen LogP) is 0.823. The van der Waals surface area contributed by atoms with Crippen LogP contribution in [0, 0.1) is 12.3 Å². The number of terminal acetylenes is 1. The third-order valence-electron chi connectivity index (χ3n) is 2.23. The van der Waals surface area contributed by atoms with Gasteiger partial charge in [0.05, 0.1) is 0 Å². The standard InChI is InChI=1S/C10H15NO2/c1-2-5-9(11)10(12)13-8-6-3-4-7-8/h1,8-9H,3-7,11H2. The number of hydrogen-bond donors (Lipinski definition) is 1. The van der Waals surface area contributed by atoms with Crippen LogP contribution >= 0.6 is 0 Å². The second kappa shape index (κ2) is 4.88. The SMILES string of the molecule is C#CCC(N)C(=O)OC1CCCC1. The van der Waals surface area contributed by atoms with E-state index >= 15 is 0 Å². The number of esters is 1. The minimum absolute atomic E-state index is 0.0799. The quantitative estimate of drug-likeness (QED) is 0.518. The number of carbonyl (C=O) groups excluding carboxylic acids is 1. The molecule has 0 bridgehead atoms. The Morgan fingerprint density at radius 3 is 2.77 bits per heavy atom. The van der Waals surface area contributed by atoms with Crippen molar-refractivity contribution < 1.29 is 9.53 Å². The molecule has 1 fully saturated rings. The molecule has 3 nitrogen and oxygen atoms in total. The Balaban J connectivity index is 2.27. The van der Waals surface area contributed by atoms with Gasteiger partial charge in [-0.15, -0.1) is 12.3 Å². The minimum Gasteiger partial charge on any atom is -0.461 e. The third kappa shape index (κ3) is 3.08. The number of hydrogen-bond acceptors (Lipinski definition) is 3. The van der Waals surface area contributed by atoms with Crippen molar-refractivity contribution in [1.82, 2.24) is 0 Å².